The Bertz CT molecular complexity index is 479. The van der Waals surface area contributed by atoms with Crippen LogP contribution in [-0.4, -0.2) is 30.8 Å². The lowest BCUT2D eigenvalue weighted by Crippen LogP contribution is -2.42. The summed E-state index contributed by atoms with van der Waals surface area (Å²) in [4.78, 5) is 6.11. The minimum absolute atomic E-state index is 0.00272. The molecule has 21 heavy (non-hydrogen) atoms. The van der Waals surface area contributed by atoms with Crippen LogP contribution in [0.4, 0.5) is 19.0 Å². The van der Waals surface area contributed by atoms with Gasteiger partial charge in [-0.3, -0.25) is 0 Å². The number of halogens is 4. The molecule has 1 saturated heterocycles. The van der Waals surface area contributed by atoms with Crippen molar-refractivity contribution in [1.29, 1.82) is 0 Å². The molecular weight excluding hydrogens is 347 g/mol. The summed E-state index contributed by atoms with van der Waals surface area (Å²) in [6.45, 7) is 4.02. The first-order chi connectivity index (χ1) is 9.91. The zero-order valence-electron chi connectivity index (χ0n) is 11.9. The van der Waals surface area contributed by atoms with Gasteiger partial charge < -0.3 is 10.2 Å². The molecule has 1 aromatic heterocycles. The first kappa shape index (κ1) is 16.5. The van der Waals surface area contributed by atoms with Crippen LogP contribution in [0.25, 0.3) is 0 Å². The molecule has 118 valence electrons. The lowest BCUT2D eigenvalue weighted by molar-refractivity contribution is -0.176. The molecule has 2 rings (SSSR count). The maximum Gasteiger partial charge on any atom is 0.393 e. The number of nitrogens with zero attached hydrogens (tertiary/aromatic N) is 2. The van der Waals surface area contributed by atoms with E-state index < -0.39 is 12.1 Å². The fraction of sp³-hybridized carbons (Fsp3) is 0.643. The van der Waals surface area contributed by atoms with E-state index in [1.165, 1.54) is 0 Å². The Labute approximate surface area is 131 Å². The Kier molecular flexibility index (Phi) is 5.48. The van der Waals surface area contributed by atoms with Gasteiger partial charge in [-0.2, -0.15) is 13.2 Å². The van der Waals surface area contributed by atoms with Gasteiger partial charge in [0, 0.05) is 35.9 Å². The van der Waals surface area contributed by atoms with Crippen molar-refractivity contribution >= 4 is 21.7 Å². The second kappa shape index (κ2) is 6.96. The first-order valence-electron chi connectivity index (χ1n) is 7.08. The van der Waals surface area contributed by atoms with Crippen molar-refractivity contribution in [3.8, 4) is 0 Å². The van der Waals surface area contributed by atoms with Gasteiger partial charge in [-0.25, -0.2) is 4.98 Å². The third kappa shape index (κ3) is 4.32. The van der Waals surface area contributed by atoms with E-state index in [-0.39, 0.29) is 13.0 Å². The number of pyridine rings is 1. The van der Waals surface area contributed by atoms with Crippen LogP contribution in [0, 0.1) is 5.92 Å². The van der Waals surface area contributed by atoms with Crippen LogP contribution in [0.1, 0.15) is 25.3 Å². The number of piperidine rings is 1. The van der Waals surface area contributed by atoms with Gasteiger partial charge in [-0.1, -0.05) is 6.92 Å². The summed E-state index contributed by atoms with van der Waals surface area (Å²) < 4.78 is 39.6. The topological polar surface area (TPSA) is 28.2 Å². The average molecular weight is 366 g/mol. The van der Waals surface area contributed by atoms with Gasteiger partial charge in [-0.15, -0.1) is 0 Å². The van der Waals surface area contributed by atoms with Gasteiger partial charge >= 0.3 is 6.18 Å². The van der Waals surface area contributed by atoms with Crippen molar-refractivity contribution in [1.82, 2.24) is 10.3 Å². The fourth-order valence-electron chi connectivity index (χ4n) is 2.59. The molecule has 1 aliphatic heterocycles. The SMILES string of the molecule is CCNCc1cc(Br)cnc1N1CCCC(C(F)(F)F)C1. The maximum absolute atomic E-state index is 12.9. The molecule has 0 radical (unpaired) electrons. The molecular formula is C14H19BrF3N3. The van der Waals surface area contributed by atoms with Gasteiger partial charge in [0.25, 0.3) is 0 Å². The Morgan fingerprint density at radius 1 is 1.48 bits per heavy atom. The Morgan fingerprint density at radius 2 is 2.24 bits per heavy atom. The molecule has 3 nitrogen and oxygen atoms in total. The Morgan fingerprint density at radius 3 is 2.90 bits per heavy atom. The van der Waals surface area contributed by atoms with E-state index >= 15 is 0 Å². The third-order valence-corrected chi connectivity index (χ3v) is 4.09. The largest absolute Gasteiger partial charge is 0.393 e. The van der Waals surface area contributed by atoms with E-state index in [1.807, 2.05) is 13.0 Å². The number of rotatable bonds is 4. The van der Waals surface area contributed by atoms with Gasteiger partial charge in [0.05, 0.1) is 5.92 Å². The molecule has 0 amide bonds. The van der Waals surface area contributed by atoms with Crippen molar-refractivity contribution < 1.29 is 13.2 Å². The monoisotopic (exact) mass is 365 g/mol. The van der Waals surface area contributed by atoms with Crippen LogP contribution in [0.15, 0.2) is 16.7 Å². The second-order valence-electron chi connectivity index (χ2n) is 5.24. The zero-order valence-corrected chi connectivity index (χ0v) is 13.5. The molecule has 1 unspecified atom stereocenters. The van der Waals surface area contributed by atoms with Gasteiger partial charge in [0.2, 0.25) is 0 Å². The minimum atomic E-state index is -4.13. The number of alkyl halides is 3. The normalized spacial score (nSPS) is 19.9. The number of hydrogen-bond donors (Lipinski definition) is 1. The molecule has 0 spiro atoms. The number of nitrogens with one attached hydrogen (secondary N) is 1. The van der Waals surface area contributed by atoms with Gasteiger partial charge in [-0.05, 0) is 41.4 Å². The highest BCUT2D eigenvalue weighted by Crippen LogP contribution is 2.35. The molecule has 1 atom stereocenters. The predicted octanol–water partition coefficient (Wildman–Crippen LogP) is 3.73. The zero-order chi connectivity index (χ0) is 15.5. The van der Waals surface area contributed by atoms with E-state index in [0.29, 0.717) is 25.3 Å². The fourth-order valence-corrected chi connectivity index (χ4v) is 2.96. The highest BCUT2D eigenvalue weighted by atomic mass is 79.9. The maximum atomic E-state index is 12.9. The van der Waals surface area contributed by atoms with Crippen molar-refractivity contribution in [3.63, 3.8) is 0 Å². The highest BCUT2D eigenvalue weighted by molar-refractivity contribution is 9.10. The summed E-state index contributed by atoms with van der Waals surface area (Å²) in [5, 5.41) is 3.20. The summed E-state index contributed by atoms with van der Waals surface area (Å²) >= 11 is 3.37. The second-order valence-corrected chi connectivity index (χ2v) is 6.16. The van der Waals surface area contributed by atoms with Crippen molar-refractivity contribution in [2.45, 2.75) is 32.5 Å². The van der Waals surface area contributed by atoms with Crippen LogP contribution >= 0.6 is 15.9 Å². The molecule has 0 saturated carbocycles. The first-order valence-corrected chi connectivity index (χ1v) is 7.88. The minimum Gasteiger partial charge on any atom is -0.356 e. The van der Waals surface area contributed by atoms with E-state index in [4.69, 9.17) is 0 Å². The van der Waals surface area contributed by atoms with Crippen molar-refractivity contribution in [2.75, 3.05) is 24.5 Å². The number of anilines is 1. The van der Waals surface area contributed by atoms with E-state index in [1.54, 1.807) is 11.1 Å². The number of aromatic nitrogens is 1. The van der Waals surface area contributed by atoms with Crippen LogP contribution < -0.4 is 10.2 Å². The summed E-state index contributed by atoms with van der Waals surface area (Å²) in [7, 11) is 0. The molecule has 1 aromatic rings. The van der Waals surface area contributed by atoms with E-state index in [2.05, 4.69) is 26.2 Å². The van der Waals surface area contributed by atoms with Crippen molar-refractivity contribution in [2.24, 2.45) is 5.92 Å². The quantitative estimate of drug-likeness (QED) is 0.880. The lowest BCUT2D eigenvalue weighted by atomic mass is 9.97. The highest BCUT2D eigenvalue weighted by Gasteiger charge is 2.42. The average Bonchev–Trinajstić information content (AvgIpc) is 2.44. The third-order valence-electron chi connectivity index (χ3n) is 3.66. The molecule has 0 aromatic carbocycles. The Balaban J connectivity index is 2.20. The van der Waals surface area contributed by atoms with E-state index in [9.17, 15) is 13.2 Å². The van der Waals surface area contributed by atoms with Gasteiger partial charge in [0.1, 0.15) is 5.82 Å². The molecule has 0 bridgehead atoms. The molecule has 2 heterocycles. The Hall–Kier alpha value is -0.820. The summed E-state index contributed by atoms with van der Waals surface area (Å²) in [6, 6.07) is 1.92. The van der Waals surface area contributed by atoms with E-state index in [0.717, 1.165) is 16.6 Å². The van der Waals surface area contributed by atoms with Crippen LogP contribution in [0.5, 0.6) is 0 Å². The molecule has 1 aliphatic rings. The molecule has 1 fully saturated rings. The predicted molar refractivity (Wildman–Crippen MR) is 80.3 cm³/mol. The summed E-state index contributed by atoms with van der Waals surface area (Å²) in [5.41, 5.74) is 0.925. The lowest BCUT2D eigenvalue weighted by Gasteiger charge is -2.35. The summed E-state index contributed by atoms with van der Waals surface area (Å²) in [6.07, 6.45) is -1.74. The smallest absolute Gasteiger partial charge is 0.356 e. The molecule has 7 heteroatoms. The standard InChI is InChI=1S/C14H19BrF3N3/c1-2-19-7-10-6-12(15)8-20-13(10)21-5-3-4-11(9-21)14(16,17)18/h6,8,11,19H,2-5,7,9H2,1H3. The van der Waals surface area contributed by atoms with Crippen molar-refractivity contribution in [3.05, 3.63) is 22.3 Å². The van der Waals surface area contributed by atoms with Crippen LogP contribution in [-0.2, 0) is 6.54 Å². The molecule has 1 N–H and O–H groups in total. The molecule has 0 aliphatic carbocycles. The summed E-state index contributed by atoms with van der Waals surface area (Å²) in [5.74, 6) is -0.600. The van der Waals surface area contributed by atoms with Gasteiger partial charge in [0.15, 0.2) is 0 Å². The van der Waals surface area contributed by atoms with Crippen LogP contribution in [0.2, 0.25) is 0 Å². The number of hydrogen-bond acceptors (Lipinski definition) is 3. The van der Waals surface area contributed by atoms with Crippen LogP contribution in [0.3, 0.4) is 0 Å².